The number of hydrogen-bond acceptors (Lipinski definition) is 4. The van der Waals surface area contributed by atoms with Crippen molar-refractivity contribution in [3.05, 3.63) is 22.4 Å². The summed E-state index contributed by atoms with van der Waals surface area (Å²) in [5.41, 5.74) is 1.24. The van der Waals surface area contributed by atoms with E-state index in [4.69, 9.17) is 0 Å². The SMILES string of the molecule is CN(Cc1ccsc1)C(=O)C1CCCN1C1CCNCC1. The molecule has 1 aromatic rings. The molecule has 0 radical (unpaired) electrons. The number of carbonyl (C=O) groups is 1. The van der Waals surface area contributed by atoms with Crippen LogP contribution in [0.1, 0.15) is 31.2 Å². The van der Waals surface area contributed by atoms with E-state index in [1.54, 1.807) is 11.3 Å². The monoisotopic (exact) mass is 307 g/mol. The highest BCUT2D eigenvalue weighted by Crippen LogP contribution is 2.26. The zero-order chi connectivity index (χ0) is 14.7. The Hall–Kier alpha value is -0.910. The average molecular weight is 307 g/mol. The summed E-state index contributed by atoms with van der Waals surface area (Å²) in [4.78, 5) is 17.2. The molecule has 2 fully saturated rings. The van der Waals surface area contributed by atoms with E-state index >= 15 is 0 Å². The molecule has 1 N–H and O–H groups in total. The highest BCUT2D eigenvalue weighted by Gasteiger charge is 2.36. The van der Waals surface area contributed by atoms with Gasteiger partial charge in [0.2, 0.25) is 5.91 Å². The zero-order valence-corrected chi connectivity index (χ0v) is 13.6. The molecule has 2 aliphatic rings. The van der Waals surface area contributed by atoms with Crippen LogP contribution in [-0.2, 0) is 11.3 Å². The Morgan fingerprint density at radius 1 is 1.43 bits per heavy atom. The Labute approximate surface area is 131 Å². The summed E-state index contributed by atoms with van der Waals surface area (Å²) in [7, 11) is 1.94. The molecule has 1 unspecified atom stereocenters. The van der Waals surface area contributed by atoms with Crippen LogP contribution in [0, 0.1) is 0 Å². The third-order valence-electron chi connectivity index (χ3n) is 4.73. The van der Waals surface area contributed by atoms with Gasteiger partial charge in [-0.05, 0) is 67.7 Å². The topological polar surface area (TPSA) is 35.6 Å². The minimum Gasteiger partial charge on any atom is -0.340 e. The molecule has 0 saturated carbocycles. The molecule has 0 bridgehead atoms. The van der Waals surface area contributed by atoms with Gasteiger partial charge < -0.3 is 10.2 Å². The van der Waals surface area contributed by atoms with E-state index in [1.807, 2.05) is 11.9 Å². The van der Waals surface area contributed by atoms with Crippen molar-refractivity contribution in [3.8, 4) is 0 Å². The maximum Gasteiger partial charge on any atom is 0.239 e. The normalized spacial score (nSPS) is 24.3. The molecule has 5 heteroatoms. The predicted molar refractivity (Wildman–Crippen MR) is 86.4 cm³/mol. The van der Waals surface area contributed by atoms with Gasteiger partial charge in [-0.25, -0.2) is 0 Å². The van der Waals surface area contributed by atoms with Crippen molar-refractivity contribution in [2.24, 2.45) is 0 Å². The maximum absolute atomic E-state index is 12.8. The molecule has 1 aromatic heterocycles. The van der Waals surface area contributed by atoms with Crippen LogP contribution in [0.2, 0.25) is 0 Å². The molecule has 0 aromatic carbocycles. The lowest BCUT2D eigenvalue weighted by Gasteiger charge is -2.36. The van der Waals surface area contributed by atoms with Crippen molar-refractivity contribution in [1.29, 1.82) is 0 Å². The number of amides is 1. The minimum absolute atomic E-state index is 0.108. The largest absolute Gasteiger partial charge is 0.340 e. The van der Waals surface area contributed by atoms with Crippen LogP contribution in [0.5, 0.6) is 0 Å². The second-order valence-corrected chi connectivity index (χ2v) is 6.98. The molecule has 0 aliphatic carbocycles. The van der Waals surface area contributed by atoms with Crippen molar-refractivity contribution in [2.75, 3.05) is 26.7 Å². The van der Waals surface area contributed by atoms with Gasteiger partial charge in [0.15, 0.2) is 0 Å². The number of nitrogens with one attached hydrogen (secondary N) is 1. The molecule has 1 amide bonds. The average Bonchev–Trinajstić information content (AvgIpc) is 3.18. The quantitative estimate of drug-likeness (QED) is 0.923. The maximum atomic E-state index is 12.8. The van der Waals surface area contributed by atoms with Crippen LogP contribution >= 0.6 is 11.3 Å². The van der Waals surface area contributed by atoms with Gasteiger partial charge in [-0.3, -0.25) is 9.69 Å². The lowest BCUT2D eigenvalue weighted by molar-refractivity contribution is -0.136. The van der Waals surface area contributed by atoms with Crippen LogP contribution in [0.15, 0.2) is 16.8 Å². The fourth-order valence-electron chi connectivity index (χ4n) is 3.62. The zero-order valence-electron chi connectivity index (χ0n) is 12.8. The Kier molecular flexibility index (Phi) is 4.93. The number of nitrogens with zero attached hydrogens (tertiary/aromatic N) is 2. The summed E-state index contributed by atoms with van der Waals surface area (Å²) in [5.74, 6) is 0.303. The van der Waals surface area contributed by atoms with E-state index in [1.165, 1.54) is 18.4 Å². The van der Waals surface area contributed by atoms with Crippen molar-refractivity contribution in [1.82, 2.24) is 15.1 Å². The van der Waals surface area contributed by atoms with Gasteiger partial charge in [0, 0.05) is 19.6 Å². The number of likely N-dealkylation sites (tertiary alicyclic amines) is 1. The van der Waals surface area contributed by atoms with Gasteiger partial charge in [0.1, 0.15) is 0 Å². The third kappa shape index (κ3) is 3.47. The van der Waals surface area contributed by atoms with Gasteiger partial charge >= 0.3 is 0 Å². The van der Waals surface area contributed by atoms with Gasteiger partial charge in [-0.2, -0.15) is 11.3 Å². The van der Waals surface area contributed by atoms with Crippen molar-refractivity contribution < 1.29 is 4.79 Å². The van der Waals surface area contributed by atoms with Gasteiger partial charge in [0.25, 0.3) is 0 Å². The summed E-state index contributed by atoms with van der Waals surface area (Å²) < 4.78 is 0. The summed E-state index contributed by atoms with van der Waals surface area (Å²) in [6.45, 7) is 4.01. The van der Waals surface area contributed by atoms with Gasteiger partial charge in [0.05, 0.1) is 6.04 Å². The first-order valence-electron chi connectivity index (χ1n) is 7.98. The van der Waals surface area contributed by atoms with Crippen LogP contribution in [0.3, 0.4) is 0 Å². The van der Waals surface area contributed by atoms with E-state index in [0.29, 0.717) is 11.9 Å². The molecule has 116 valence electrons. The molecule has 2 aliphatic heterocycles. The van der Waals surface area contributed by atoms with Crippen molar-refractivity contribution in [2.45, 2.75) is 44.3 Å². The fourth-order valence-corrected chi connectivity index (χ4v) is 4.28. The fraction of sp³-hybridized carbons (Fsp3) is 0.688. The third-order valence-corrected chi connectivity index (χ3v) is 5.47. The van der Waals surface area contributed by atoms with Gasteiger partial charge in [-0.15, -0.1) is 0 Å². The summed E-state index contributed by atoms with van der Waals surface area (Å²) >= 11 is 1.69. The molecule has 21 heavy (non-hydrogen) atoms. The molecular weight excluding hydrogens is 282 g/mol. The van der Waals surface area contributed by atoms with E-state index < -0.39 is 0 Å². The van der Waals surface area contributed by atoms with Crippen LogP contribution in [-0.4, -0.2) is 54.5 Å². The van der Waals surface area contributed by atoms with Crippen molar-refractivity contribution >= 4 is 17.2 Å². The molecule has 3 heterocycles. The first-order valence-corrected chi connectivity index (χ1v) is 8.92. The smallest absolute Gasteiger partial charge is 0.239 e. The molecule has 4 nitrogen and oxygen atoms in total. The highest BCUT2D eigenvalue weighted by molar-refractivity contribution is 7.07. The first kappa shape index (κ1) is 15.0. The highest BCUT2D eigenvalue weighted by atomic mass is 32.1. The molecule has 1 atom stereocenters. The number of carbonyl (C=O) groups excluding carboxylic acids is 1. The van der Waals surface area contributed by atoms with E-state index in [0.717, 1.165) is 39.0 Å². The van der Waals surface area contributed by atoms with E-state index in [-0.39, 0.29) is 6.04 Å². The lowest BCUT2D eigenvalue weighted by atomic mass is 10.0. The van der Waals surface area contributed by atoms with E-state index in [9.17, 15) is 4.79 Å². The minimum atomic E-state index is 0.108. The second-order valence-electron chi connectivity index (χ2n) is 6.20. The summed E-state index contributed by atoms with van der Waals surface area (Å²) in [6, 6.07) is 2.81. The molecule has 3 rings (SSSR count). The number of thiophene rings is 1. The summed E-state index contributed by atoms with van der Waals surface area (Å²) in [5, 5.41) is 7.62. The van der Waals surface area contributed by atoms with Gasteiger partial charge in [-0.1, -0.05) is 0 Å². The second kappa shape index (κ2) is 6.90. The molecule has 2 saturated heterocycles. The van der Waals surface area contributed by atoms with Crippen LogP contribution in [0.4, 0.5) is 0 Å². The lowest BCUT2D eigenvalue weighted by Crippen LogP contribution is -2.50. The Morgan fingerprint density at radius 2 is 2.24 bits per heavy atom. The van der Waals surface area contributed by atoms with Crippen LogP contribution in [0.25, 0.3) is 0 Å². The Bertz CT molecular complexity index is 456. The number of piperidine rings is 1. The first-order chi connectivity index (χ1) is 10.3. The standard InChI is InChI=1S/C16H25N3OS/c1-18(11-13-6-10-21-12-13)16(20)15-3-2-9-19(15)14-4-7-17-8-5-14/h6,10,12,14-15,17H,2-5,7-9,11H2,1H3. The van der Waals surface area contributed by atoms with E-state index in [2.05, 4.69) is 27.0 Å². The molecular formula is C16H25N3OS. The molecule has 0 spiro atoms. The number of likely N-dealkylation sites (N-methyl/N-ethyl adjacent to an activating group) is 1. The summed E-state index contributed by atoms with van der Waals surface area (Å²) in [6.07, 6.45) is 4.54. The predicted octanol–water partition coefficient (Wildman–Crippen LogP) is 1.92. The van der Waals surface area contributed by atoms with Crippen LogP contribution < -0.4 is 5.32 Å². The Balaban J connectivity index is 1.62. The van der Waals surface area contributed by atoms with Crippen molar-refractivity contribution in [3.63, 3.8) is 0 Å². The number of hydrogen-bond donors (Lipinski definition) is 1. The number of rotatable bonds is 4. The Morgan fingerprint density at radius 3 is 2.95 bits per heavy atom.